The van der Waals surface area contributed by atoms with Gasteiger partial charge in [0, 0.05) is 17.9 Å². The van der Waals surface area contributed by atoms with E-state index in [9.17, 15) is 4.79 Å². The van der Waals surface area contributed by atoms with Crippen molar-refractivity contribution in [2.75, 3.05) is 26.7 Å². The summed E-state index contributed by atoms with van der Waals surface area (Å²) >= 11 is 0. The number of hydrogen-bond acceptors (Lipinski definition) is 3. The van der Waals surface area contributed by atoms with E-state index in [0.29, 0.717) is 11.7 Å². The zero-order valence-corrected chi connectivity index (χ0v) is 36.5. The highest BCUT2D eigenvalue weighted by molar-refractivity contribution is 5.96. The molecule has 2 unspecified atom stereocenters. The van der Waals surface area contributed by atoms with Crippen molar-refractivity contribution in [3.05, 3.63) is 81.9 Å². The lowest BCUT2D eigenvalue weighted by Crippen LogP contribution is -2.52. The topological polar surface area (TPSA) is 43.4 Å². The van der Waals surface area contributed by atoms with Crippen molar-refractivity contribution < 1.29 is 9.90 Å². The van der Waals surface area contributed by atoms with E-state index in [1.165, 1.54) is 150 Å². The van der Waals surface area contributed by atoms with Gasteiger partial charge in [-0.25, -0.2) is 0 Å². The number of nitrogens with zero attached hydrogens (tertiary/aromatic N) is 1. The molecule has 0 spiro atoms. The number of carbonyl (C=O) groups is 1. The van der Waals surface area contributed by atoms with Crippen LogP contribution < -0.4 is 5.11 Å². The number of allylic oxidation sites excluding steroid dienone is 2. The van der Waals surface area contributed by atoms with E-state index in [4.69, 9.17) is 5.11 Å². The van der Waals surface area contributed by atoms with Crippen LogP contribution in [0.1, 0.15) is 183 Å². The quantitative estimate of drug-likeness (QED) is 0.266. The zero-order chi connectivity index (χ0) is 39.6. The minimum atomic E-state index is -0.133. The molecular weight excluding hydrogens is 659 g/mol. The van der Waals surface area contributed by atoms with Crippen LogP contribution in [0, 0.1) is 44.9 Å². The van der Waals surface area contributed by atoms with Gasteiger partial charge in [-0.2, -0.15) is 7.11 Å². The van der Waals surface area contributed by atoms with Crippen molar-refractivity contribution >= 4 is 17.9 Å². The second kappa shape index (κ2) is 28.0. The lowest BCUT2D eigenvalue weighted by atomic mass is 9.58. The normalized spacial score (nSPS) is 22.5. The molecule has 2 aromatic carbocycles. The average molecular weight is 741 g/mol. The Morgan fingerprint density at radius 2 is 1.06 bits per heavy atom. The molecule has 4 rings (SSSR count). The smallest absolute Gasteiger partial charge is 0.160 e. The van der Waals surface area contributed by atoms with Crippen LogP contribution in [0.3, 0.4) is 0 Å². The molecule has 1 heterocycles. The predicted molar refractivity (Wildman–Crippen MR) is 236 cm³/mol. The SMILES string of the molecule is CC.CCN1CCC(/C=C/c2ccc(C)c(C)c2)(C2CCCCCCCCCCCCCCCCCCC2)C(C(=O)/C=C/c2ccc(C)c(C)c2)C1.C[O-]. The fourth-order valence-corrected chi connectivity index (χ4v) is 8.91. The Hall–Kier alpha value is -2.49. The number of rotatable bonds is 7. The van der Waals surface area contributed by atoms with E-state index in [0.717, 1.165) is 38.7 Å². The number of carbonyl (C=O) groups excluding carboxylic acids is 1. The third-order valence-electron chi connectivity index (χ3n) is 12.7. The number of hydrogen-bond donors (Lipinski definition) is 0. The van der Waals surface area contributed by atoms with Crippen LogP contribution in [0.15, 0.2) is 48.6 Å². The van der Waals surface area contributed by atoms with Gasteiger partial charge in [-0.05, 0) is 105 Å². The van der Waals surface area contributed by atoms with Gasteiger partial charge in [-0.3, -0.25) is 4.79 Å². The van der Waals surface area contributed by atoms with Gasteiger partial charge in [-0.1, -0.05) is 185 Å². The van der Waals surface area contributed by atoms with Crippen molar-refractivity contribution in [1.29, 1.82) is 0 Å². The van der Waals surface area contributed by atoms with Crippen molar-refractivity contribution in [3.63, 3.8) is 0 Å². The third-order valence-corrected chi connectivity index (χ3v) is 12.7. The maximum atomic E-state index is 14.7. The maximum absolute atomic E-state index is 14.7. The van der Waals surface area contributed by atoms with E-state index in [1.54, 1.807) is 0 Å². The molecule has 304 valence electrons. The summed E-state index contributed by atoms with van der Waals surface area (Å²) in [6.07, 6.45) is 36.1. The summed E-state index contributed by atoms with van der Waals surface area (Å²) in [5.41, 5.74) is 7.53. The summed E-state index contributed by atoms with van der Waals surface area (Å²) in [5, 5.41) is 8.25. The molecule has 0 radical (unpaired) electrons. The molecule has 1 saturated heterocycles. The van der Waals surface area contributed by atoms with Crippen molar-refractivity contribution in [3.8, 4) is 0 Å². The minimum Gasteiger partial charge on any atom is -0.857 e. The zero-order valence-electron chi connectivity index (χ0n) is 36.5. The molecule has 2 atom stereocenters. The lowest BCUT2D eigenvalue weighted by Gasteiger charge is -2.50. The van der Waals surface area contributed by atoms with Gasteiger partial charge in [0.15, 0.2) is 5.78 Å². The van der Waals surface area contributed by atoms with Crippen LogP contribution in [0.2, 0.25) is 0 Å². The molecule has 3 heteroatoms. The van der Waals surface area contributed by atoms with Crippen LogP contribution in [-0.4, -0.2) is 37.4 Å². The molecule has 1 aliphatic carbocycles. The highest BCUT2D eigenvalue weighted by atomic mass is 16.2. The van der Waals surface area contributed by atoms with E-state index in [2.05, 4.69) is 94.1 Å². The molecule has 0 amide bonds. The van der Waals surface area contributed by atoms with Gasteiger partial charge in [0.1, 0.15) is 0 Å². The van der Waals surface area contributed by atoms with Crippen molar-refractivity contribution in [2.24, 2.45) is 17.3 Å². The van der Waals surface area contributed by atoms with Gasteiger partial charge in [0.05, 0.1) is 0 Å². The van der Waals surface area contributed by atoms with Crippen molar-refractivity contribution in [2.45, 2.75) is 177 Å². The molecule has 3 nitrogen and oxygen atoms in total. The lowest BCUT2D eigenvalue weighted by molar-refractivity contribution is -0.325. The van der Waals surface area contributed by atoms with Gasteiger partial charge in [0.25, 0.3) is 0 Å². The van der Waals surface area contributed by atoms with Gasteiger partial charge in [0.2, 0.25) is 0 Å². The first kappa shape index (κ1) is 47.7. The Balaban J connectivity index is 0.00000244. The van der Waals surface area contributed by atoms with Crippen LogP contribution in [-0.2, 0) is 4.79 Å². The maximum Gasteiger partial charge on any atom is 0.160 e. The van der Waals surface area contributed by atoms with E-state index < -0.39 is 0 Å². The largest absolute Gasteiger partial charge is 0.857 e. The highest BCUT2D eigenvalue weighted by Gasteiger charge is 2.48. The molecule has 0 aromatic heterocycles. The number of ketones is 1. The molecule has 0 N–H and O–H groups in total. The fourth-order valence-electron chi connectivity index (χ4n) is 8.91. The number of benzene rings is 2. The molecule has 2 aromatic rings. The second-order valence-electron chi connectivity index (χ2n) is 16.3. The van der Waals surface area contributed by atoms with Crippen molar-refractivity contribution in [1.82, 2.24) is 4.90 Å². The third kappa shape index (κ3) is 16.3. The van der Waals surface area contributed by atoms with Crippen LogP contribution in [0.4, 0.5) is 0 Å². The van der Waals surface area contributed by atoms with Crippen LogP contribution >= 0.6 is 0 Å². The summed E-state index contributed by atoms with van der Waals surface area (Å²) in [5.74, 6) is 0.814. The molecular formula is C51H82NO2-. The molecule has 1 saturated carbocycles. The first-order valence-electron chi connectivity index (χ1n) is 22.5. The standard InChI is InChI=1S/C48H73NO.C2H6.CH3O/c1-6-49-35-34-48(33-32-44-29-27-40(3)42(5)37-44,46(38-49)47(50)31-30-43-28-26-39(2)41(4)36-43)45-24-22-20-18-16-14-12-10-8-7-9-11-13-15-17-19-21-23-25-45;2*1-2/h26-33,36-37,45-46H,6-25,34-35,38H2,1-5H3;1-2H3;1H3/q;;-1/b31-30+,33-32+;;. The Morgan fingerprint density at radius 1 is 0.648 bits per heavy atom. The summed E-state index contributed by atoms with van der Waals surface area (Å²) in [7, 11) is 0.750. The minimum absolute atomic E-state index is 0.0302. The molecule has 1 aliphatic heterocycles. The van der Waals surface area contributed by atoms with Gasteiger partial charge in [-0.15, -0.1) is 0 Å². The van der Waals surface area contributed by atoms with Crippen LogP contribution in [0.5, 0.6) is 0 Å². The number of piperidine rings is 1. The van der Waals surface area contributed by atoms with Gasteiger partial charge < -0.3 is 10.0 Å². The Labute approximate surface area is 334 Å². The Morgan fingerprint density at radius 3 is 1.46 bits per heavy atom. The summed E-state index contributed by atoms with van der Waals surface area (Å²) in [6.45, 7) is 18.0. The van der Waals surface area contributed by atoms with E-state index in [-0.39, 0.29) is 11.3 Å². The first-order valence-corrected chi connectivity index (χ1v) is 22.5. The second-order valence-corrected chi connectivity index (χ2v) is 16.3. The molecule has 0 bridgehead atoms. The number of aryl methyl sites for hydroxylation is 4. The fraction of sp³-hybridized carbons (Fsp3) is 0.667. The first-order chi connectivity index (χ1) is 26.3. The molecule has 2 aliphatic rings. The van der Waals surface area contributed by atoms with E-state index in [1.807, 2.05) is 19.9 Å². The monoisotopic (exact) mass is 741 g/mol. The molecule has 2 fully saturated rings. The predicted octanol–water partition coefficient (Wildman–Crippen LogP) is 13.6. The van der Waals surface area contributed by atoms with Crippen LogP contribution in [0.25, 0.3) is 12.2 Å². The highest BCUT2D eigenvalue weighted by Crippen LogP contribution is 2.50. The Kier molecular flexibility index (Phi) is 24.7. The summed E-state index contributed by atoms with van der Waals surface area (Å²) < 4.78 is 0. The number of likely N-dealkylation sites (tertiary alicyclic amines) is 1. The van der Waals surface area contributed by atoms with Gasteiger partial charge >= 0.3 is 0 Å². The Bertz CT molecular complexity index is 1340. The summed E-state index contributed by atoms with van der Waals surface area (Å²) in [6, 6.07) is 13.4. The average Bonchev–Trinajstić information content (AvgIpc) is 3.19. The van der Waals surface area contributed by atoms with E-state index >= 15 is 0 Å². The summed E-state index contributed by atoms with van der Waals surface area (Å²) in [4.78, 5) is 17.2. The molecule has 54 heavy (non-hydrogen) atoms.